The van der Waals surface area contributed by atoms with Gasteiger partial charge < -0.3 is 9.13 Å². The van der Waals surface area contributed by atoms with E-state index in [1.807, 2.05) is 0 Å². The standard InChI is InChI=1S/C108H78N2/c1-2-82(107-101(78-53-25-9-26-54-78)97(74-45-17-5-18-46-74)95(72-41-13-3-14-42-72)98(75-47-19-6-20-48-75)102(107)79-55-27-10-28-56-79)105-88(71-94(105)110-91-67-39-35-63-85(91)86-64-36-40-68-92(86)110)106(87-69-70-93(87)109-89-65-37-33-61-83(89)84-62-34-38-66-90(84)109)108-103(80-57-29-11-30-58-80)99(76-49-21-7-22-50-76)96(73-43-15-4-16-44-73)100(77-51-23-8-24-52-77)104(108)81-59-31-12-32-60-81/h3-69,93-94H,2,70-71H2,1H3/b105-82?,106-88+/t93-,94?/m1/s1. The number of benzene rings is 16. The fourth-order valence-corrected chi connectivity index (χ4v) is 18.7. The van der Waals surface area contributed by atoms with Crippen LogP contribution in [0.3, 0.4) is 0 Å². The van der Waals surface area contributed by atoms with Crippen LogP contribution in [-0.4, -0.2) is 9.13 Å². The van der Waals surface area contributed by atoms with Gasteiger partial charge in [0.1, 0.15) is 0 Å². The summed E-state index contributed by atoms with van der Waals surface area (Å²) >= 11 is 0. The SMILES string of the molecule is CCC(=C1/C(=C(\C2=CC[C@H]2n2c3ccccc3c3ccccc32)c2c(-c3ccccc3)c(-c3ccccc3)c(-c3ccccc3)c(-c3ccccc3)c2-c2ccccc2)CC1n1c2ccccc2c2ccccc21)c1c(-c2ccccc2)c(-c2ccccc2)c(-c2ccccc2)c(-c2ccccc2)c1-c1ccccc1. The van der Waals surface area contributed by atoms with Crippen LogP contribution in [0.4, 0.5) is 0 Å². The maximum atomic E-state index is 2.76. The number of allylic oxidation sites excluding steroid dienone is 6. The molecule has 16 aromatic carbocycles. The average molecular weight is 1400 g/mol. The smallest absolute Gasteiger partial charge is 0.0638 e. The Kier molecular flexibility index (Phi) is 16.9. The van der Waals surface area contributed by atoms with Crippen molar-refractivity contribution in [2.24, 2.45) is 0 Å². The third-order valence-corrected chi connectivity index (χ3v) is 23.3. The van der Waals surface area contributed by atoms with Crippen molar-refractivity contribution < 1.29 is 0 Å². The second-order valence-corrected chi connectivity index (χ2v) is 29.2. The maximum absolute atomic E-state index is 2.76. The normalized spacial score (nSPS) is 15.0. The van der Waals surface area contributed by atoms with E-state index in [0.717, 1.165) is 68.5 Å². The Morgan fingerprint density at radius 3 is 0.709 bits per heavy atom. The lowest BCUT2D eigenvalue weighted by Crippen LogP contribution is -2.29. The topological polar surface area (TPSA) is 9.86 Å². The van der Waals surface area contributed by atoms with Crippen LogP contribution in [0.2, 0.25) is 0 Å². The molecule has 520 valence electrons. The molecule has 0 amide bonds. The molecule has 0 bridgehead atoms. The van der Waals surface area contributed by atoms with E-state index >= 15 is 0 Å². The van der Waals surface area contributed by atoms with Crippen molar-refractivity contribution in [3.63, 3.8) is 0 Å². The first kappa shape index (κ1) is 65.8. The van der Waals surface area contributed by atoms with Gasteiger partial charge in [-0.3, -0.25) is 0 Å². The third-order valence-electron chi connectivity index (χ3n) is 23.3. The summed E-state index contributed by atoms with van der Waals surface area (Å²) in [6, 6.07) is 150. The Labute approximate surface area is 643 Å². The minimum atomic E-state index is -0.167. The number of aromatic nitrogens is 2. The zero-order chi connectivity index (χ0) is 73.0. The quantitative estimate of drug-likeness (QED) is 0.0912. The van der Waals surface area contributed by atoms with E-state index in [1.165, 1.54) is 138 Å². The summed E-state index contributed by atoms with van der Waals surface area (Å²) in [5.41, 5.74) is 37.5. The second kappa shape index (κ2) is 28.2. The van der Waals surface area contributed by atoms with Crippen molar-refractivity contribution in [3.8, 4) is 111 Å². The molecule has 2 heterocycles. The minimum absolute atomic E-state index is 0.0819. The highest BCUT2D eigenvalue weighted by atomic mass is 15.0. The first-order chi connectivity index (χ1) is 54.7. The fourth-order valence-electron chi connectivity index (χ4n) is 18.7. The molecule has 1 unspecified atom stereocenters. The predicted molar refractivity (Wildman–Crippen MR) is 466 cm³/mol. The molecule has 0 radical (unpaired) electrons. The fraction of sp³-hybridized carbons (Fsp3) is 0.0556. The molecule has 0 aliphatic heterocycles. The Morgan fingerprint density at radius 2 is 0.464 bits per heavy atom. The highest BCUT2D eigenvalue weighted by Crippen LogP contribution is 2.65. The predicted octanol–water partition coefficient (Wildman–Crippen LogP) is 29.4. The highest BCUT2D eigenvalue weighted by Gasteiger charge is 2.45. The summed E-state index contributed by atoms with van der Waals surface area (Å²) in [5, 5.41) is 5.02. The van der Waals surface area contributed by atoms with Crippen LogP contribution in [0, 0.1) is 0 Å². The van der Waals surface area contributed by atoms with E-state index in [4.69, 9.17) is 0 Å². The number of fused-ring (bicyclic) bond motifs is 6. The number of rotatable bonds is 16. The molecule has 2 aromatic heterocycles. The molecular formula is C108H78N2. The third kappa shape index (κ3) is 11.0. The van der Waals surface area contributed by atoms with E-state index in [0.29, 0.717) is 6.42 Å². The van der Waals surface area contributed by atoms with Crippen LogP contribution in [0.1, 0.15) is 49.4 Å². The number of hydrogen-bond acceptors (Lipinski definition) is 0. The zero-order valence-corrected chi connectivity index (χ0v) is 61.4. The monoisotopic (exact) mass is 1400 g/mol. The average Bonchev–Trinajstić information content (AvgIpc) is 1.09. The second-order valence-electron chi connectivity index (χ2n) is 29.2. The first-order valence-electron chi connectivity index (χ1n) is 38.8. The number of hydrogen-bond donors (Lipinski definition) is 0. The summed E-state index contributed by atoms with van der Waals surface area (Å²) in [7, 11) is 0. The lowest BCUT2D eigenvalue weighted by atomic mass is 9.64. The molecule has 0 saturated heterocycles. The molecule has 2 aliphatic rings. The van der Waals surface area contributed by atoms with E-state index in [2.05, 4.69) is 423 Å². The summed E-state index contributed by atoms with van der Waals surface area (Å²) in [6.45, 7) is 2.46. The van der Waals surface area contributed by atoms with Crippen LogP contribution < -0.4 is 0 Å². The van der Waals surface area contributed by atoms with Gasteiger partial charge in [0.05, 0.1) is 12.1 Å². The molecule has 18 aromatic rings. The molecule has 2 atom stereocenters. The van der Waals surface area contributed by atoms with Crippen molar-refractivity contribution in [1.82, 2.24) is 9.13 Å². The molecule has 110 heavy (non-hydrogen) atoms. The summed E-state index contributed by atoms with van der Waals surface area (Å²) in [5.74, 6) is 0. The van der Waals surface area contributed by atoms with Gasteiger partial charge in [0.2, 0.25) is 0 Å². The van der Waals surface area contributed by atoms with Crippen LogP contribution in [0.25, 0.3) is 166 Å². The van der Waals surface area contributed by atoms with Crippen LogP contribution >= 0.6 is 0 Å². The van der Waals surface area contributed by atoms with Crippen LogP contribution in [0.15, 0.2) is 423 Å². The van der Waals surface area contributed by atoms with E-state index in [1.54, 1.807) is 0 Å². The number of para-hydroxylation sites is 4. The van der Waals surface area contributed by atoms with Crippen molar-refractivity contribution in [2.75, 3.05) is 0 Å². The summed E-state index contributed by atoms with van der Waals surface area (Å²) in [4.78, 5) is 0. The lowest BCUT2D eigenvalue weighted by molar-refractivity contribution is 0.534. The molecule has 20 rings (SSSR count). The minimum Gasteiger partial charge on any atom is -0.333 e. The Hall–Kier alpha value is -13.7. The molecule has 2 heteroatoms. The molecule has 0 spiro atoms. The highest BCUT2D eigenvalue weighted by molar-refractivity contribution is 6.19. The molecule has 0 N–H and O–H groups in total. The van der Waals surface area contributed by atoms with Crippen LogP contribution in [-0.2, 0) is 0 Å². The molecule has 2 aliphatic carbocycles. The van der Waals surface area contributed by atoms with Crippen molar-refractivity contribution in [3.05, 3.63) is 434 Å². The van der Waals surface area contributed by atoms with E-state index < -0.39 is 0 Å². The van der Waals surface area contributed by atoms with Gasteiger partial charge in [-0.1, -0.05) is 389 Å². The van der Waals surface area contributed by atoms with Gasteiger partial charge in [-0.15, -0.1) is 0 Å². The van der Waals surface area contributed by atoms with Gasteiger partial charge in [0, 0.05) is 43.6 Å². The maximum Gasteiger partial charge on any atom is 0.0638 e. The van der Waals surface area contributed by atoms with Crippen molar-refractivity contribution in [2.45, 2.75) is 38.3 Å². The van der Waals surface area contributed by atoms with E-state index in [9.17, 15) is 0 Å². The van der Waals surface area contributed by atoms with Gasteiger partial charge in [-0.2, -0.15) is 0 Å². The Balaban J connectivity index is 1.07. The first-order valence-corrected chi connectivity index (χ1v) is 38.8. The van der Waals surface area contributed by atoms with Gasteiger partial charge in [-0.25, -0.2) is 0 Å². The molecule has 2 nitrogen and oxygen atoms in total. The Bertz CT molecular complexity index is 6280. The zero-order valence-electron chi connectivity index (χ0n) is 61.4. The summed E-state index contributed by atoms with van der Waals surface area (Å²) < 4.78 is 5.48. The molecular weight excluding hydrogens is 1330 g/mol. The van der Waals surface area contributed by atoms with E-state index in [-0.39, 0.29) is 12.1 Å². The number of nitrogens with zero attached hydrogens (tertiary/aromatic N) is 2. The summed E-state index contributed by atoms with van der Waals surface area (Å²) in [6.07, 6.45) is 4.88. The molecule has 1 fully saturated rings. The van der Waals surface area contributed by atoms with Gasteiger partial charge >= 0.3 is 0 Å². The lowest BCUT2D eigenvalue weighted by Gasteiger charge is -2.44. The molecule has 1 saturated carbocycles. The van der Waals surface area contributed by atoms with Crippen LogP contribution in [0.5, 0.6) is 0 Å². The van der Waals surface area contributed by atoms with Crippen molar-refractivity contribution >= 4 is 54.8 Å². The van der Waals surface area contributed by atoms with Crippen molar-refractivity contribution in [1.29, 1.82) is 0 Å². The van der Waals surface area contributed by atoms with Gasteiger partial charge in [0.15, 0.2) is 0 Å². The van der Waals surface area contributed by atoms with Gasteiger partial charge in [0.25, 0.3) is 0 Å². The largest absolute Gasteiger partial charge is 0.333 e. The van der Waals surface area contributed by atoms with Gasteiger partial charge in [-0.05, 0) is 194 Å². The Morgan fingerprint density at radius 1 is 0.245 bits per heavy atom.